The van der Waals surface area contributed by atoms with E-state index < -0.39 is 0 Å². The highest BCUT2D eigenvalue weighted by Gasteiger charge is 2.30. The standard InChI is InChI=1S/C36H50N2O4/c39-35(37-31-15-19-33(20-16-31)41-25-23-27-7-3-1-4-8-27)29-11-13-30(14-12-29)36(40)38-32-17-21-34(22-18-32)42-26-24-28-9-5-2-6-10-28/h15-22,27-30H,1-14,23-26H2,(H,37,39)(H,38,40). The average Bonchev–Trinajstić information content (AvgIpc) is 3.04. The van der Waals surface area contributed by atoms with Gasteiger partial charge in [0.2, 0.25) is 11.8 Å². The van der Waals surface area contributed by atoms with Crippen LogP contribution in [0.1, 0.15) is 103 Å². The number of ether oxygens (including phenoxy) is 2. The number of anilines is 2. The molecule has 0 bridgehead atoms. The molecule has 228 valence electrons. The van der Waals surface area contributed by atoms with E-state index in [0.717, 1.165) is 86.4 Å². The molecule has 3 aliphatic carbocycles. The Hall–Kier alpha value is -3.02. The zero-order valence-electron chi connectivity index (χ0n) is 25.3. The lowest BCUT2D eigenvalue weighted by Crippen LogP contribution is -2.32. The van der Waals surface area contributed by atoms with Crippen molar-refractivity contribution in [1.82, 2.24) is 0 Å². The molecule has 5 rings (SSSR count). The number of rotatable bonds is 12. The molecule has 0 heterocycles. The minimum absolute atomic E-state index is 0.0406. The first-order valence-electron chi connectivity index (χ1n) is 16.7. The number of hydrogen-bond donors (Lipinski definition) is 2. The molecule has 2 N–H and O–H groups in total. The predicted molar refractivity (Wildman–Crippen MR) is 169 cm³/mol. The highest BCUT2D eigenvalue weighted by Crippen LogP contribution is 2.32. The summed E-state index contributed by atoms with van der Waals surface area (Å²) in [7, 11) is 0. The molecule has 2 aromatic rings. The Labute approximate surface area is 252 Å². The van der Waals surface area contributed by atoms with Crippen LogP contribution >= 0.6 is 0 Å². The van der Waals surface area contributed by atoms with Crippen LogP contribution in [0.25, 0.3) is 0 Å². The summed E-state index contributed by atoms with van der Waals surface area (Å²) < 4.78 is 11.9. The lowest BCUT2D eigenvalue weighted by Gasteiger charge is -2.27. The second kappa shape index (κ2) is 16.0. The molecule has 0 aromatic heterocycles. The molecular formula is C36H50N2O4. The topological polar surface area (TPSA) is 76.7 Å². The Balaban J connectivity index is 0.972. The molecular weight excluding hydrogens is 524 g/mol. The van der Waals surface area contributed by atoms with Gasteiger partial charge in [-0.05, 0) is 98.9 Å². The molecule has 3 aliphatic rings. The summed E-state index contributed by atoms with van der Waals surface area (Å²) in [6.07, 6.45) is 18.7. The molecule has 0 aliphatic heterocycles. The Bertz CT molecular complexity index is 1010. The number of amides is 2. The maximum absolute atomic E-state index is 12.9. The van der Waals surface area contributed by atoms with Gasteiger partial charge in [0.15, 0.2) is 0 Å². The summed E-state index contributed by atoms with van der Waals surface area (Å²) in [5.41, 5.74) is 1.59. The van der Waals surface area contributed by atoms with Crippen LogP contribution < -0.4 is 20.1 Å². The van der Waals surface area contributed by atoms with E-state index >= 15 is 0 Å². The summed E-state index contributed by atoms with van der Waals surface area (Å²) >= 11 is 0. The van der Waals surface area contributed by atoms with E-state index in [2.05, 4.69) is 10.6 Å². The van der Waals surface area contributed by atoms with Gasteiger partial charge in [0.1, 0.15) is 11.5 Å². The number of hydrogen-bond acceptors (Lipinski definition) is 4. The minimum atomic E-state index is -0.0643. The molecule has 2 amide bonds. The van der Waals surface area contributed by atoms with Gasteiger partial charge in [-0.15, -0.1) is 0 Å². The lowest BCUT2D eigenvalue weighted by molar-refractivity contribution is -0.125. The van der Waals surface area contributed by atoms with E-state index in [1.54, 1.807) is 0 Å². The first kappa shape index (κ1) is 30.4. The summed E-state index contributed by atoms with van der Waals surface area (Å²) in [6.45, 7) is 1.51. The van der Waals surface area contributed by atoms with Gasteiger partial charge in [0.25, 0.3) is 0 Å². The molecule has 3 fully saturated rings. The van der Waals surface area contributed by atoms with E-state index in [4.69, 9.17) is 9.47 Å². The van der Waals surface area contributed by atoms with Crippen LogP contribution in [0.15, 0.2) is 48.5 Å². The lowest BCUT2D eigenvalue weighted by atomic mass is 9.81. The van der Waals surface area contributed by atoms with Crippen molar-refractivity contribution in [3.63, 3.8) is 0 Å². The molecule has 0 saturated heterocycles. The average molecular weight is 575 g/mol. The van der Waals surface area contributed by atoms with Gasteiger partial charge in [-0.1, -0.05) is 64.2 Å². The van der Waals surface area contributed by atoms with Gasteiger partial charge in [-0.3, -0.25) is 9.59 Å². The number of carbonyl (C=O) groups excluding carboxylic acids is 2. The quantitative estimate of drug-likeness (QED) is 0.266. The van der Waals surface area contributed by atoms with Crippen molar-refractivity contribution < 1.29 is 19.1 Å². The molecule has 2 aromatic carbocycles. The van der Waals surface area contributed by atoms with Crippen LogP contribution in [-0.4, -0.2) is 25.0 Å². The van der Waals surface area contributed by atoms with E-state index in [1.807, 2.05) is 48.5 Å². The Morgan fingerprint density at radius 2 is 0.881 bits per heavy atom. The van der Waals surface area contributed by atoms with E-state index in [0.29, 0.717) is 0 Å². The maximum Gasteiger partial charge on any atom is 0.227 e. The fraction of sp³-hybridized carbons (Fsp3) is 0.611. The van der Waals surface area contributed by atoms with Crippen molar-refractivity contribution in [2.24, 2.45) is 23.7 Å². The van der Waals surface area contributed by atoms with Crippen LogP contribution in [0.4, 0.5) is 11.4 Å². The first-order valence-corrected chi connectivity index (χ1v) is 16.7. The second-order valence-electron chi connectivity index (χ2n) is 12.9. The number of nitrogens with one attached hydrogen (secondary N) is 2. The van der Waals surface area contributed by atoms with E-state index in [1.165, 1.54) is 64.2 Å². The van der Waals surface area contributed by atoms with Gasteiger partial charge in [-0.25, -0.2) is 0 Å². The zero-order chi connectivity index (χ0) is 29.0. The molecule has 6 nitrogen and oxygen atoms in total. The first-order chi connectivity index (χ1) is 20.6. The van der Waals surface area contributed by atoms with Gasteiger partial charge >= 0.3 is 0 Å². The van der Waals surface area contributed by atoms with Crippen molar-refractivity contribution in [2.75, 3.05) is 23.8 Å². The van der Waals surface area contributed by atoms with Crippen molar-refractivity contribution >= 4 is 23.2 Å². The SMILES string of the molecule is O=C(Nc1ccc(OCCC2CCCCC2)cc1)C1CCC(C(=O)Nc2ccc(OCCC3CCCCC3)cc2)CC1. The van der Waals surface area contributed by atoms with Crippen molar-refractivity contribution in [3.05, 3.63) is 48.5 Å². The fourth-order valence-electron chi connectivity index (χ4n) is 7.01. The number of benzene rings is 2. The summed E-state index contributed by atoms with van der Waals surface area (Å²) in [5, 5.41) is 6.12. The smallest absolute Gasteiger partial charge is 0.227 e. The molecule has 0 radical (unpaired) electrons. The predicted octanol–water partition coefficient (Wildman–Crippen LogP) is 8.77. The van der Waals surface area contributed by atoms with Gasteiger partial charge in [0.05, 0.1) is 13.2 Å². The van der Waals surface area contributed by atoms with Crippen molar-refractivity contribution in [3.8, 4) is 11.5 Å². The largest absolute Gasteiger partial charge is 0.494 e. The molecule has 42 heavy (non-hydrogen) atoms. The van der Waals surface area contributed by atoms with Crippen molar-refractivity contribution in [1.29, 1.82) is 0 Å². The maximum atomic E-state index is 12.9. The third-order valence-corrected chi connectivity index (χ3v) is 9.75. The zero-order valence-corrected chi connectivity index (χ0v) is 25.3. The second-order valence-corrected chi connectivity index (χ2v) is 12.9. The Morgan fingerprint density at radius 1 is 0.524 bits per heavy atom. The normalized spacial score (nSPS) is 21.8. The third kappa shape index (κ3) is 9.50. The minimum Gasteiger partial charge on any atom is -0.494 e. The molecule has 0 unspecified atom stereocenters. The van der Waals surface area contributed by atoms with E-state index in [-0.39, 0.29) is 23.7 Å². The van der Waals surface area contributed by atoms with Crippen LogP contribution in [0.3, 0.4) is 0 Å². The number of carbonyl (C=O) groups is 2. The molecule has 0 atom stereocenters. The summed E-state index contributed by atoms with van der Waals surface area (Å²) in [6, 6.07) is 15.4. The van der Waals surface area contributed by atoms with Crippen LogP contribution in [0, 0.1) is 23.7 Å². The Kier molecular flexibility index (Phi) is 11.6. The molecule has 6 heteroatoms. The fourth-order valence-corrected chi connectivity index (χ4v) is 7.01. The van der Waals surface area contributed by atoms with Gasteiger partial charge in [0, 0.05) is 23.2 Å². The Morgan fingerprint density at radius 3 is 1.24 bits per heavy atom. The van der Waals surface area contributed by atoms with E-state index in [9.17, 15) is 9.59 Å². The highest BCUT2D eigenvalue weighted by molar-refractivity contribution is 5.94. The highest BCUT2D eigenvalue weighted by atomic mass is 16.5. The summed E-state index contributed by atoms with van der Waals surface area (Å²) in [5.74, 6) is 3.28. The van der Waals surface area contributed by atoms with Crippen LogP contribution in [0.2, 0.25) is 0 Å². The monoisotopic (exact) mass is 574 g/mol. The van der Waals surface area contributed by atoms with Gasteiger partial charge < -0.3 is 20.1 Å². The van der Waals surface area contributed by atoms with Crippen molar-refractivity contribution in [2.45, 2.75) is 103 Å². The molecule has 3 saturated carbocycles. The third-order valence-electron chi connectivity index (χ3n) is 9.75. The van der Waals surface area contributed by atoms with Crippen LogP contribution in [-0.2, 0) is 9.59 Å². The molecule has 0 spiro atoms. The van der Waals surface area contributed by atoms with Crippen LogP contribution in [0.5, 0.6) is 11.5 Å². The van der Waals surface area contributed by atoms with Gasteiger partial charge in [-0.2, -0.15) is 0 Å². The summed E-state index contributed by atoms with van der Waals surface area (Å²) in [4.78, 5) is 25.8.